The minimum absolute atomic E-state index is 0.220. The summed E-state index contributed by atoms with van der Waals surface area (Å²) in [6.07, 6.45) is 8.11. The molecule has 1 aromatic rings. The summed E-state index contributed by atoms with van der Waals surface area (Å²) >= 11 is 0. The summed E-state index contributed by atoms with van der Waals surface area (Å²) in [4.78, 5) is 11.6. The third kappa shape index (κ3) is 3.74. The molecule has 17 heavy (non-hydrogen) atoms. The lowest BCUT2D eigenvalue weighted by atomic mass is 9.98. The molecular formula is C15H18O2. The van der Waals surface area contributed by atoms with E-state index < -0.39 is 0 Å². The number of carbonyl (C=O) groups is 1. The molecule has 2 rings (SSSR count). The molecule has 0 aromatic heterocycles. The van der Waals surface area contributed by atoms with Gasteiger partial charge in [-0.3, -0.25) is 0 Å². The highest BCUT2D eigenvalue weighted by Crippen LogP contribution is 2.19. The second-order valence-electron chi connectivity index (χ2n) is 4.36. The van der Waals surface area contributed by atoms with E-state index in [-0.39, 0.29) is 5.97 Å². The molecule has 2 nitrogen and oxygen atoms in total. The zero-order valence-electron chi connectivity index (χ0n) is 10.0. The van der Waals surface area contributed by atoms with Crippen molar-refractivity contribution < 1.29 is 9.53 Å². The van der Waals surface area contributed by atoms with Crippen LogP contribution in [-0.4, -0.2) is 12.6 Å². The van der Waals surface area contributed by atoms with Gasteiger partial charge in [0.25, 0.3) is 0 Å². The first kappa shape index (κ1) is 11.9. The number of rotatable bonds is 4. The molecule has 0 saturated heterocycles. The Hall–Kier alpha value is -1.57. The van der Waals surface area contributed by atoms with Crippen LogP contribution in [0.2, 0.25) is 0 Å². The highest BCUT2D eigenvalue weighted by Gasteiger charge is 2.07. The number of hydrogen-bond donors (Lipinski definition) is 0. The molecule has 0 heterocycles. The van der Waals surface area contributed by atoms with Crippen molar-refractivity contribution in [2.45, 2.75) is 32.1 Å². The number of ether oxygens (including phenoxy) is 1. The summed E-state index contributed by atoms with van der Waals surface area (Å²) in [7, 11) is 0. The molecule has 0 atom stereocenters. The van der Waals surface area contributed by atoms with Crippen LogP contribution in [0.25, 0.3) is 0 Å². The Morgan fingerprint density at radius 2 is 2.00 bits per heavy atom. The molecule has 0 N–H and O–H groups in total. The highest BCUT2D eigenvalue weighted by molar-refractivity contribution is 5.89. The van der Waals surface area contributed by atoms with Crippen molar-refractivity contribution in [3.8, 4) is 0 Å². The molecule has 0 amide bonds. The summed E-state index contributed by atoms with van der Waals surface area (Å²) < 4.78 is 5.25. The number of hydrogen-bond acceptors (Lipinski definition) is 2. The summed E-state index contributed by atoms with van der Waals surface area (Å²) in [5.41, 5.74) is 2.07. The second kappa shape index (κ2) is 6.24. The molecule has 0 fully saturated rings. The number of benzene rings is 1. The van der Waals surface area contributed by atoms with Crippen molar-refractivity contribution in [3.05, 3.63) is 47.5 Å². The van der Waals surface area contributed by atoms with Crippen molar-refractivity contribution in [2.75, 3.05) is 6.61 Å². The van der Waals surface area contributed by atoms with Gasteiger partial charge in [-0.15, -0.1) is 0 Å². The molecule has 2 heteroatoms. The van der Waals surface area contributed by atoms with Gasteiger partial charge in [0.05, 0.1) is 12.2 Å². The lowest BCUT2D eigenvalue weighted by molar-refractivity contribution is 0.0508. The van der Waals surface area contributed by atoms with E-state index in [1.165, 1.54) is 31.3 Å². The lowest BCUT2D eigenvalue weighted by Gasteiger charge is -2.12. The van der Waals surface area contributed by atoms with Crippen molar-refractivity contribution in [3.63, 3.8) is 0 Å². The van der Waals surface area contributed by atoms with Gasteiger partial charge in [-0.2, -0.15) is 0 Å². The van der Waals surface area contributed by atoms with Crippen molar-refractivity contribution in [2.24, 2.45) is 0 Å². The van der Waals surface area contributed by atoms with Crippen LogP contribution in [0.5, 0.6) is 0 Å². The molecule has 0 saturated carbocycles. The van der Waals surface area contributed by atoms with Gasteiger partial charge in [0.2, 0.25) is 0 Å². The molecule has 0 unspecified atom stereocenters. The van der Waals surface area contributed by atoms with E-state index in [2.05, 4.69) is 6.08 Å². The van der Waals surface area contributed by atoms with Crippen LogP contribution in [0.1, 0.15) is 42.5 Å². The molecule has 1 aromatic carbocycles. The minimum Gasteiger partial charge on any atom is -0.462 e. The predicted molar refractivity (Wildman–Crippen MR) is 67.9 cm³/mol. The molecule has 0 aliphatic heterocycles. The van der Waals surface area contributed by atoms with E-state index in [1.807, 2.05) is 18.2 Å². The maximum atomic E-state index is 11.6. The topological polar surface area (TPSA) is 26.3 Å². The first-order valence-electron chi connectivity index (χ1n) is 6.26. The predicted octanol–water partition coefficient (Wildman–Crippen LogP) is 3.73. The van der Waals surface area contributed by atoms with Crippen molar-refractivity contribution in [1.29, 1.82) is 0 Å². The molecule has 90 valence electrons. The summed E-state index contributed by atoms with van der Waals surface area (Å²) in [5, 5.41) is 0. The number of esters is 1. The van der Waals surface area contributed by atoms with Crippen LogP contribution in [-0.2, 0) is 4.74 Å². The van der Waals surface area contributed by atoms with E-state index in [9.17, 15) is 4.79 Å². The third-order valence-corrected chi connectivity index (χ3v) is 3.05. The van der Waals surface area contributed by atoms with E-state index in [1.54, 1.807) is 12.1 Å². The van der Waals surface area contributed by atoms with E-state index >= 15 is 0 Å². The van der Waals surface area contributed by atoms with Gasteiger partial charge in [-0.25, -0.2) is 4.79 Å². The van der Waals surface area contributed by atoms with E-state index in [0.29, 0.717) is 12.2 Å². The van der Waals surface area contributed by atoms with Gasteiger partial charge in [-0.05, 0) is 37.8 Å². The fourth-order valence-corrected chi connectivity index (χ4v) is 2.06. The standard InChI is InChI=1S/C15H18O2/c16-15(14-9-5-2-6-10-14)17-12-11-13-7-3-1-4-8-13/h2,5-7,9-10H,1,3-4,8,11-12H2. The zero-order chi connectivity index (χ0) is 11.9. The average molecular weight is 230 g/mol. The number of carbonyl (C=O) groups excluding carboxylic acids is 1. The van der Waals surface area contributed by atoms with Crippen LogP contribution in [0.3, 0.4) is 0 Å². The van der Waals surface area contributed by atoms with Gasteiger partial charge in [0, 0.05) is 6.42 Å². The Balaban J connectivity index is 1.75. The average Bonchev–Trinajstić information content (AvgIpc) is 2.41. The Morgan fingerprint density at radius 3 is 2.71 bits per heavy atom. The summed E-state index contributed by atoms with van der Waals surface area (Å²) in [6, 6.07) is 9.15. The summed E-state index contributed by atoms with van der Waals surface area (Å²) in [5.74, 6) is -0.220. The Morgan fingerprint density at radius 1 is 1.18 bits per heavy atom. The van der Waals surface area contributed by atoms with Gasteiger partial charge in [-0.1, -0.05) is 29.8 Å². The Bertz CT molecular complexity index is 393. The molecule has 1 aliphatic carbocycles. The smallest absolute Gasteiger partial charge is 0.338 e. The monoisotopic (exact) mass is 230 g/mol. The molecule has 1 aliphatic rings. The van der Waals surface area contributed by atoms with Crippen LogP contribution >= 0.6 is 0 Å². The molecular weight excluding hydrogens is 212 g/mol. The SMILES string of the molecule is O=C(OCCC1=CCCCC1)c1ccccc1. The minimum atomic E-state index is -0.220. The maximum absolute atomic E-state index is 11.6. The first-order chi connectivity index (χ1) is 8.36. The van der Waals surface area contributed by atoms with Crippen LogP contribution in [0.4, 0.5) is 0 Å². The van der Waals surface area contributed by atoms with Gasteiger partial charge in [0.15, 0.2) is 0 Å². The van der Waals surface area contributed by atoms with E-state index in [4.69, 9.17) is 4.74 Å². The van der Waals surface area contributed by atoms with Crippen LogP contribution in [0.15, 0.2) is 42.0 Å². The maximum Gasteiger partial charge on any atom is 0.338 e. The van der Waals surface area contributed by atoms with Crippen molar-refractivity contribution >= 4 is 5.97 Å². The molecule has 0 bridgehead atoms. The Labute approximate surface area is 102 Å². The number of allylic oxidation sites excluding steroid dienone is 1. The van der Waals surface area contributed by atoms with Gasteiger partial charge >= 0.3 is 5.97 Å². The second-order valence-corrected chi connectivity index (χ2v) is 4.36. The zero-order valence-corrected chi connectivity index (χ0v) is 10.0. The largest absolute Gasteiger partial charge is 0.462 e. The van der Waals surface area contributed by atoms with Gasteiger partial charge in [0.1, 0.15) is 0 Å². The fourth-order valence-electron chi connectivity index (χ4n) is 2.06. The Kier molecular flexibility index (Phi) is 4.37. The normalized spacial score (nSPS) is 15.2. The van der Waals surface area contributed by atoms with Crippen LogP contribution in [0, 0.1) is 0 Å². The lowest BCUT2D eigenvalue weighted by Crippen LogP contribution is -2.07. The van der Waals surface area contributed by atoms with Crippen LogP contribution < -0.4 is 0 Å². The fraction of sp³-hybridized carbons (Fsp3) is 0.400. The highest BCUT2D eigenvalue weighted by atomic mass is 16.5. The quantitative estimate of drug-likeness (QED) is 0.582. The van der Waals surface area contributed by atoms with Crippen molar-refractivity contribution in [1.82, 2.24) is 0 Å². The van der Waals surface area contributed by atoms with E-state index in [0.717, 1.165) is 6.42 Å². The third-order valence-electron chi connectivity index (χ3n) is 3.05. The van der Waals surface area contributed by atoms with Gasteiger partial charge < -0.3 is 4.74 Å². The summed E-state index contributed by atoms with van der Waals surface area (Å²) in [6.45, 7) is 0.500. The molecule has 0 radical (unpaired) electrons. The first-order valence-corrected chi connectivity index (χ1v) is 6.26. The molecule has 0 spiro atoms.